The first-order valence-electron chi connectivity index (χ1n) is 8.61. The topological polar surface area (TPSA) is 26.8 Å². The number of benzene rings is 1. The highest BCUT2D eigenvalue weighted by molar-refractivity contribution is 6.33. The molecule has 0 aliphatic carbocycles. The number of nitrogens with zero attached hydrogens (tertiary/aromatic N) is 3. The average molecular weight is 336 g/mol. The summed E-state index contributed by atoms with van der Waals surface area (Å²) in [5, 5.41) is 0.545. The molecule has 2 fully saturated rings. The molecule has 1 aromatic carbocycles. The molecule has 4 nitrogen and oxygen atoms in total. The molecule has 1 amide bonds. The number of hydrogen-bond acceptors (Lipinski definition) is 3. The van der Waals surface area contributed by atoms with Crippen LogP contribution in [0.15, 0.2) is 24.3 Å². The van der Waals surface area contributed by atoms with E-state index in [0.717, 1.165) is 32.7 Å². The summed E-state index contributed by atoms with van der Waals surface area (Å²) in [6.45, 7) is 5.85. The maximum absolute atomic E-state index is 12.6. The summed E-state index contributed by atoms with van der Waals surface area (Å²) in [4.78, 5) is 19.5. The lowest BCUT2D eigenvalue weighted by molar-refractivity contribution is 0.0565. The van der Waals surface area contributed by atoms with Gasteiger partial charge in [0.2, 0.25) is 0 Å². The van der Waals surface area contributed by atoms with Gasteiger partial charge in [-0.15, -0.1) is 0 Å². The van der Waals surface area contributed by atoms with Crippen LogP contribution >= 0.6 is 11.6 Å². The second-order valence-corrected chi connectivity index (χ2v) is 7.11. The van der Waals surface area contributed by atoms with Gasteiger partial charge in [0.05, 0.1) is 10.6 Å². The molecule has 2 aliphatic rings. The summed E-state index contributed by atoms with van der Waals surface area (Å²) in [7, 11) is 2.24. The van der Waals surface area contributed by atoms with E-state index in [1.807, 2.05) is 23.1 Å². The number of likely N-dealkylation sites (tertiary alicyclic amines) is 1. The SMILES string of the molecule is CN1CCCC[C@H]1CN1CCN(C(=O)c2ccccc2Cl)CC1. The third kappa shape index (κ3) is 4.06. The van der Waals surface area contributed by atoms with Gasteiger partial charge in [0, 0.05) is 38.8 Å². The number of carbonyl (C=O) groups is 1. The van der Waals surface area contributed by atoms with Crippen molar-refractivity contribution in [1.29, 1.82) is 0 Å². The molecule has 2 aliphatic heterocycles. The molecular weight excluding hydrogens is 310 g/mol. The molecule has 23 heavy (non-hydrogen) atoms. The van der Waals surface area contributed by atoms with Crippen LogP contribution < -0.4 is 0 Å². The molecule has 0 aromatic heterocycles. The Morgan fingerprint density at radius 1 is 1.13 bits per heavy atom. The monoisotopic (exact) mass is 335 g/mol. The number of piperazine rings is 1. The zero-order valence-electron chi connectivity index (χ0n) is 13.9. The summed E-state index contributed by atoms with van der Waals surface area (Å²) in [6, 6.07) is 8.00. The van der Waals surface area contributed by atoms with Gasteiger partial charge in [0.1, 0.15) is 0 Å². The van der Waals surface area contributed by atoms with Crippen LogP contribution in [0.25, 0.3) is 0 Å². The molecule has 0 N–H and O–H groups in total. The molecule has 1 atom stereocenters. The van der Waals surface area contributed by atoms with Crippen molar-refractivity contribution in [3.63, 3.8) is 0 Å². The largest absolute Gasteiger partial charge is 0.336 e. The molecule has 0 spiro atoms. The predicted octanol–water partition coefficient (Wildman–Crippen LogP) is 2.58. The number of piperidine rings is 1. The Labute approximate surface area is 144 Å². The summed E-state index contributed by atoms with van der Waals surface area (Å²) in [5.74, 6) is 0.0602. The maximum atomic E-state index is 12.6. The van der Waals surface area contributed by atoms with E-state index in [9.17, 15) is 4.79 Å². The van der Waals surface area contributed by atoms with Gasteiger partial charge in [-0.2, -0.15) is 0 Å². The van der Waals surface area contributed by atoms with Crippen LogP contribution in [0.3, 0.4) is 0 Å². The lowest BCUT2D eigenvalue weighted by atomic mass is 10.0. The van der Waals surface area contributed by atoms with Crippen molar-refractivity contribution < 1.29 is 4.79 Å². The van der Waals surface area contributed by atoms with Gasteiger partial charge in [-0.25, -0.2) is 0 Å². The van der Waals surface area contributed by atoms with Gasteiger partial charge >= 0.3 is 0 Å². The Morgan fingerprint density at radius 3 is 2.57 bits per heavy atom. The van der Waals surface area contributed by atoms with E-state index in [4.69, 9.17) is 11.6 Å². The van der Waals surface area contributed by atoms with Gasteiger partial charge in [0.25, 0.3) is 5.91 Å². The van der Waals surface area contributed by atoms with Crippen LogP contribution in [-0.2, 0) is 0 Å². The number of halogens is 1. The van der Waals surface area contributed by atoms with Crippen molar-refractivity contribution >= 4 is 17.5 Å². The third-order valence-electron chi connectivity index (χ3n) is 5.15. The predicted molar refractivity (Wildman–Crippen MR) is 94.1 cm³/mol. The smallest absolute Gasteiger partial charge is 0.255 e. The standard InChI is InChI=1S/C18H26ClN3O/c1-20-9-5-4-6-15(20)14-21-10-12-22(13-11-21)18(23)16-7-2-3-8-17(16)19/h2-3,7-8,15H,4-6,9-14H2,1H3/t15-/m0/s1. The van der Waals surface area contributed by atoms with Crippen molar-refractivity contribution in [3.05, 3.63) is 34.9 Å². The fraction of sp³-hybridized carbons (Fsp3) is 0.611. The van der Waals surface area contributed by atoms with Crippen LogP contribution in [0.1, 0.15) is 29.6 Å². The number of amides is 1. The van der Waals surface area contributed by atoms with Gasteiger partial charge in [-0.05, 0) is 38.6 Å². The lowest BCUT2D eigenvalue weighted by Gasteiger charge is -2.40. The van der Waals surface area contributed by atoms with Crippen molar-refractivity contribution in [2.75, 3.05) is 46.3 Å². The molecule has 2 saturated heterocycles. The van der Waals surface area contributed by atoms with Crippen LogP contribution in [0.5, 0.6) is 0 Å². The van der Waals surface area contributed by atoms with E-state index in [1.165, 1.54) is 25.8 Å². The molecule has 0 unspecified atom stereocenters. The number of hydrogen-bond donors (Lipinski definition) is 0. The van der Waals surface area contributed by atoms with Crippen molar-refractivity contribution in [3.8, 4) is 0 Å². The molecular formula is C18H26ClN3O. The molecule has 5 heteroatoms. The Bertz CT molecular complexity index is 543. The second kappa shape index (κ2) is 7.65. The van der Waals surface area contributed by atoms with Gasteiger partial charge in [-0.1, -0.05) is 30.2 Å². The fourth-order valence-corrected chi connectivity index (χ4v) is 3.83. The van der Waals surface area contributed by atoms with Gasteiger partial charge in [0.15, 0.2) is 0 Å². The highest BCUT2D eigenvalue weighted by Gasteiger charge is 2.26. The summed E-state index contributed by atoms with van der Waals surface area (Å²) in [6.07, 6.45) is 3.97. The van der Waals surface area contributed by atoms with E-state index in [2.05, 4.69) is 16.8 Å². The van der Waals surface area contributed by atoms with E-state index in [-0.39, 0.29) is 5.91 Å². The van der Waals surface area contributed by atoms with Crippen molar-refractivity contribution in [1.82, 2.24) is 14.7 Å². The Hall–Kier alpha value is -1.10. The molecule has 1 aromatic rings. The van der Waals surface area contributed by atoms with Crippen molar-refractivity contribution in [2.45, 2.75) is 25.3 Å². The third-order valence-corrected chi connectivity index (χ3v) is 5.48. The van der Waals surface area contributed by atoms with Crippen LogP contribution in [0, 0.1) is 0 Å². The van der Waals surface area contributed by atoms with E-state index >= 15 is 0 Å². The molecule has 2 heterocycles. The Kier molecular flexibility index (Phi) is 5.57. The highest BCUT2D eigenvalue weighted by atomic mass is 35.5. The Balaban J connectivity index is 1.52. The van der Waals surface area contributed by atoms with Crippen LogP contribution in [0.4, 0.5) is 0 Å². The minimum atomic E-state index is 0.0602. The summed E-state index contributed by atoms with van der Waals surface area (Å²) < 4.78 is 0. The molecule has 3 rings (SSSR count). The van der Waals surface area contributed by atoms with Crippen LogP contribution in [0.2, 0.25) is 5.02 Å². The van der Waals surface area contributed by atoms with Crippen LogP contribution in [-0.4, -0.2) is 73.0 Å². The molecule has 0 radical (unpaired) electrons. The van der Waals surface area contributed by atoms with Crippen molar-refractivity contribution in [2.24, 2.45) is 0 Å². The fourth-order valence-electron chi connectivity index (χ4n) is 3.61. The van der Waals surface area contributed by atoms with Gasteiger partial charge in [-0.3, -0.25) is 9.69 Å². The first-order chi connectivity index (χ1) is 11.1. The number of carbonyl (C=O) groups excluding carboxylic acids is 1. The van der Waals surface area contributed by atoms with E-state index in [1.54, 1.807) is 6.07 Å². The minimum Gasteiger partial charge on any atom is -0.336 e. The Morgan fingerprint density at radius 2 is 1.87 bits per heavy atom. The first kappa shape index (κ1) is 16.7. The van der Waals surface area contributed by atoms with E-state index < -0.39 is 0 Å². The van der Waals surface area contributed by atoms with Gasteiger partial charge < -0.3 is 9.80 Å². The summed E-state index contributed by atoms with van der Waals surface area (Å²) in [5.41, 5.74) is 0.620. The quantitative estimate of drug-likeness (QED) is 0.849. The lowest BCUT2D eigenvalue weighted by Crippen LogP contribution is -2.53. The normalized spacial score (nSPS) is 23.9. The zero-order valence-corrected chi connectivity index (χ0v) is 14.6. The second-order valence-electron chi connectivity index (χ2n) is 6.70. The van der Waals surface area contributed by atoms with E-state index in [0.29, 0.717) is 16.6 Å². The number of rotatable bonds is 3. The average Bonchev–Trinajstić information content (AvgIpc) is 2.57. The highest BCUT2D eigenvalue weighted by Crippen LogP contribution is 2.19. The summed E-state index contributed by atoms with van der Waals surface area (Å²) >= 11 is 6.15. The first-order valence-corrected chi connectivity index (χ1v) is 8.99. The maximum Gasteiger partial charge on any atom is 0.255 e. The molecule has 0 bridgehead atoms. The molecule has 0 saturated carbocycles. The minimum absolute atomic E-state index is 0.0602. The zero-order chi connectivity index (χ0) is 16.2. The number of likely N-dealkylation sites (N-methyl/N-ethyl adjacent to an activating group) is 1. The molecule has 126 valence electrons.